The summed E-state index contributed by atoms with van der Waals surface area (Å²) in [6.07, 6.45) is 6.62. The molecule has 0 aliphatic rings. The van der Waals surface area contributed by atoms with Gasteiger partial charge in [-0.25, -0.2) is 4.98 Å². The van der Waals surface area contributed by atoms with Crippen molar-refractivity contribution < 1.29 is 0 Å². The molecule has 14 heavy (non-hydrogen) atoms. The second-order valence-electron chi connectivity index (χ2n) is 3.07. The predicted octanol–water partition coefficient (Wildman–Crippen LogP) is 0.0251. The van der Waals surface area contributed by atoms with Crippen LogP contribution in [0.2, 0.25) is 0 Å². The molecule has 5 heteroatoms. The highest BCUT2D eigenvalue weighted by atomic mass is 16.1. The Labute approximate surface area is 80.6 Å². The van der Waals surface area contributed by atoms with E-state index in [0.29, 0.717) is 6.54 Å². The summed E-state index contributed by atoms with van der Waals surface area (Å²) in [6.45, 7) is 0.514. The second kappa shape index (κ2) is 3.45. The first-order valence-corrected chi connectivity index (χ1v) is 4.24. The summed E-state index contributed by atoms with van der Waals surface area (Å²) in [6, 6.07) is 1.44. The van der Waals surface area contributed by atoms with E-state index in [1.54, 1.807) is 10.9 Å². The summed E-state index contributed by atoms with van der Waals surface area (Å²) in [5.41, 5.74) is 0.937. The fourth-order valence-corrected chi connectivity index (χ4v) is 1.25. The van der Waals surface area contributed by atoms with Gasteiger partial charge in [-0.1, -0.05) is 0 Å². The topological polar surface area (TPSA) is 52.7 Å². The first-order chi connectivity index (χ1) is 6.75. The average molecular weight is 190 g/mol. The highest BCUT2D eigenvalue weighted by Gasteiger charge is 1.98. The van der Waals surface area contributed by atoms with Gasteiger partial charge in [0.1, 0.15) is 0 Å². The van der Waals surface area contributed by atoms with Crippen molar-refractivity contribution in [1.82, 2.24) is 19.3 Å². The summed E-state index contributed by atoms with van der Waals surface area (Å²) in [7, 11) is 1.84. The molecule has 0 bridgehead atoms. The van der Waals surface area contributed by atoms with Gasteiger partial charge in [-0.15, -0.1) is 0 Å². The molecule has 72 valence electrons. The number of rotatable bonds is 2. The number of hydrogen-bond donors (Lipinski definition) is 0. The highest BCUT2D eigenvalue weighted by molar-refractivity contribution is 5.04. The minimum atomic E-state index is -0.0520. The zero-order valence-corrected chi connectivity index (χ0v) is 7.79. The maximum atomic E-state index is 11.3. The SMILES string of the molecule is Cn1cc(Cn2cnccc2=O)cn1. The smallest absolute Gasteiger partial charge is 0.253 e. The first kappa shape index (κ1) is 8.68. The first-order valence-electron chi connectivity index (χ1n) is 4.24. The molecule has 0 amide bonds. The van der Waals surface area contributed by atoms with Crippen molar-refractivity contribution in [2.24, 2.45) is 7.05 Å². The fourth-order valence-electron chi connectivity index (χ4n) is 1.25. The van der Waals surface area contributed by atoms with Gasteiger partial charge in [-0.05, 0) is 0 Å². The van der Waals surface area contributed by atoms with Crippen molar-refractivity contribution in [3.05, 3.63) is 46.9 Å². The Morgan fingerprint density at radius 3 is 3.00 bits per heavy atom. The lowest BCUT2D eigenvalue weighted by atomic mass is 10.3. The maximum Gasteiger partial charge on any atom is 0.253 e. The highest BCUT2D eigenvalue weighted by Crippen LogP contribution is 1.97. The van der Waals surface area contributed by atoms with E-state index in [1.165, 1.54) is 23.2 Å². The molecule has 0 aliphatic carbocycles. The van der Waals surface area contributed by atoms with Crippen LogP contribution >= 0.6 is 0 Å². The minimum absolute atomic E-state index is 0.0520. The van der Waals surface area contributed by atoms with Crippen LogP contribution in [0.3, 0.4) is 0 Å². The molecule has 5 nitrogen and oxygen atoms in total. The zero-order chi connectivity index (χ0) is 9.97. The van der Waals surface area contributed by atoms with Crippen LogP contribution in [0.1, 0.15) is 5.56 Å². The Morgan fingerprint density at radius 2 is 2.36 bits per heavy atom. The van der Waals surface area contributed by atoms with E-state index < -0.39 is 0 Å². The maximum absolute atomic E-state index is 11.3. The third-order valence-corrected chi connectivity index (χ3v) is 1.90. The molecule has 0 atom stereocenters. The Balaban J connectivity index is 2.27. The van der Waals surface area contributed by atoms with E-state index in [2.05, 4.69) is 10.1 Å². The molecule has 2 aromatic rings. The lowest BCUT2D eigenvalue weighted by Gasteiger charge is -2.00. The fraction of sp³-hybridized carbons (Fsp3) is 0.222. The van der Waals surface area contributed by atoms with Crippen LogP contribution in [0.5, 0.6) is 0 Å². The van der Waals surface area contributed by atoms with Crippen LogP contribution in [0.25, 0.3) is 0 Å². The molecule has 2 rings (SSSR count). The van der Waals surface area contributed by atoms with Gasteiger partial charge < -0.3 is 0 Å². The van der Waals surface area contributed by atoms with Crippen molar-refractivity contribution in [1.29, 1.82) is 0 Å². The lowest BCUT2D eigenvalue weighted by molar-refractivity contribution is 0.731. The van der Waals surface area contributed by atoms with Crippen LogP contribution in [0, 0.1) is 0 Å². The van der Waals surface area contributed by atoms with Gasteiger partial charge in [0.2, 0.25) is 0 Å². The summed E-state index contributed by atoms with van der Waals surface area (Å²) >= 11 is 0. The molecule has 0 saturated carbocycles. The minimum Gasteiger partial charge on any atom is -0.295 e. The molecule has 0 aliphatic heterocycles. The summed E-state index contributed by atoms with van der Waals surface area (Å²) in [5.74, 6) is 0. The van der Waals surface area contributed by atoms with Gasteiger partial charge in [0, 0.05) is 31.1 Å². The number of aromatic nitrogens is 4. The van der Waals surface area contributed by atoms with Gasteiger partial charge in [0.05, 0.1) is 19.1 Å². The molecule has 0 fully saturated rings. The second-order valence-corrected chi connectivity index (χ2v) is 3.07. The number of aryl methyl sites for hydroxylation is 1. The van der Waals surface area contributed by atoms with Gasteiger partial charge in [0.15, 0.2) is 0 Å². The Morgan fingerprint density at radius 1 is 1.50 bits per heavy atom. The van der Waals surface area contributed by atoms with E-state index in [1.807, 2.05) is 13.2 Å². The van der Waals surface area contributed by atoms with Gasteiger partial charge in [-0.3, -0.25) is 14.0 Å². The monoisotopic (exact) mass is 190 g/mol. The van der Waals surface area contributed by atoms with Gasteiger partial charge in [0.25, 0.3) is 5.56 Å². The molecule has 2 heterocycles. The standard InChI is InChI=1S/C9H10N4O/c1-12-5-8(4-11-12)6-13-7-10-3-2-9(13)14/h2-5,7H,6H2,1H3. The average Bonchev–Trinajstić information content (AvgIpc) is 2.56. The molecular formula is C9H10N4O. The molecule has 0 N–H and O–H groups in total. The normalized spacial score (nSPS) is 10.4. The van der Waals surface area contributed by atoms with Crippen LogP contribution in [-0.4, -0.2) is 19.3 Å². The molecule has 0 spiro atoms. The van der Waals surface area contributed by atoms with E-state index in [0.717, 1.165) is 5.56 Å². The third-order valence-electron chi connectivity index (χ3n) is 1.90. The molecular weight excluding hydrogens is 180 g/mol. The Kier molecular flexibility index (Phi) is 2.14. The lowest BCUT2D eigenvalue weighted by Crippen LogP contribution is -2.18. The van der Waals surface area contributed by atoms with Crippen LogP contribution < -0.4 is 5.56 Å². The van der Waals surface area contributed by atoms with Crippen molar-refractivity contribution in [2.75, 3.05) is 0 Å². The van der Waals surface area contributed by atoms with E-state index in [-0.39, 0.29) is 5.56 Å². The molecule has 0 saturated heterocycles. The summed E-state index contributed by atoms with van der Waals surface area (Å²) in [4.78, 5) is 15.2. The van der Waals surface area contributed by atoms with Crippen molar-refractivity contribution in [3.8, 4) is 0 Å². The van der Waals surface area contributed by atoms with Gasteiger partial charge in [-0.2, -0.15) is 5.10 Å². The van der Waals surface area contributed by atoms with Gasteiger partial charge >= 0.3 is 0 Å². The van der Waals surface area contributed by atoms with Crippen LogP contribution in [0.4, 0.5) is 0 Å². The molecule has 0 radical (unpaired) electrons. The third kappa shape index (κ3) is 1.71. The predicted molar refractivity (Wildman–Crippen MR) is 50.8 cm³/mol. The molecule has 0 unspecified atom stereocenters. The van der Waals surface area contributed by atoms with Crippen molar-refractivity contribution in [2.45, 2.75) is 6.54 Å². The largest absolute Gasteiger partial charge is 0.295 e. The molecule has 0 aromatic carbocycles. The van der Waals surface area contributed by atoms with Crippen molar-refractivity contribution in [3.63, 3.8) is 0 Å². The summed E-state index contributed by atoms with van der Waals surface area (Å²) < 4.78 is 3.24. The summed E-state index contributed by atoms with van der Waals surface area (Å²) in [5, 5.41) is 4.02. The van der Waals surface area contributed by atoms with E-state index in [4.69, 9.17) is 0 Å². The quantitative estimate of drug-likeness (QED) is 0.671. The zero-order valence-electron chi connectivity index (χ0n) is 7.79. The molecule has 2 aromatic heterocycles. The Hall–Kier alpha value is -1.91. The van der Waals surface area contributed by atoms with Crippen LogP contribution in [-0.2, 0) is 13.6 Å². The number of hydrogen-bond acceptors (Lipinski definition) is 3. The van der Waals surface area contributed by atoms with Crippen LogP contribution in [0.15, 0.2) is 35.8 Å². The van der Waals surface area contributed by atoms with E-state index >= 15 is 0 Å². The van der Waals surface area contributed by atoms with Crippen molar-refractivity contribution >= 4 is 0 Å². The Bertz CT molecular complexity index is 485. The van der Waals surface area contributed by atoms with E-state index in [9.17, 15) is 4.79 Å². The number of nitrogens with zero attached hydrogens (tertiary/aromatic N) is 4.